The van der Waals surface area contributed by atoms with Gasteiger partial charge >= 0.3 is 11.9 Å². The summed E-state index contributed by atoms with van der Waals surface area (Å²) in [5.74, 6) is -7.43. The third-order valence-corrected chi connectivity index (χ3v) is 3.56. The fraction of sp³-hybridized carbons (Fsp3) is 0.500. The number of hydrogen-bond acceptors (Lipinski definition) is 3. The zero-order chi connectivity index (χ0) is 18.2. The number of ether oxygens (including phenoxy) is 1. The summed E-state index contributed by atoms with van der Waals surface area (Å²) in [7, 11) is 0. The van der Waals surface area contributed by atoms with Gasteiger partial charge in [0, 0.05) is 6.42 Å². The molecule has 24 heavy (non-hydrogen) atoms. The molecule has 0 saturated heterocycles. The number of carbonyl (C=O) groups is 2. The molecular formula is C18H23F2NO3. The van der Waals surface area contributed by atoms with Crippen LogP contribution >= 0.6 is 0 Å². The summed E-state index contributed by atoms with van der Waals surface area (Å²) < 4.78 is 33.2. The first-order chi connectivity index (χ1) is 11.3. The van der Waals surface area contributed by atoms with E-state index in [-0.39, 0.29) is 18.7 Å². The van der Waals surface area contributed by atoms with E-state index >= 15 is 0 Å². The van der Waals surface area contributed by atoms with Gasteiger partial charge in [-0.05, 0) is 18.9 Å². The Morgan fingerprint density at radius 3 is 2.38 bits per heavy atom. The zero-order valence-corrected chi connectivity index (χ0v) is 14.2. The minimum Gasteiger partial charge on any atom is -0.462 e. The lowest BCUT2D eigenvalue weighted by Gasteiger charge is -2.23. The van der Waals surface area contributed by atoms with Crippen LogP contribution in [0.1, 0.15) is 45.6 Å². The molecule has 0 bridgehead atoms. The quantitative estimate of drug-likeness (QED) is 0.531. The number of alkyl halides is 2. The highest BCUT2D eigenvalue weighted by atomic mass is 19.3. The lowest BCUT2D eigenvalue weighted by Crippen LogP contribution is -2.42. The monoisotopic (exact) mass is 339 g/mol. The molecule has 0 heterocycles. The minimum atomic E-state index is -3.77. The summed E-state index contributed by atoms with van der Waals surface area (Å²) in [4.78, 5) is 27.4. The maximum Gasteiger partial charge on any atom is 0.377 e. The molecule has 0 aromatic heterocycles. The number of rotatable bonds is 8. The summed E-state index contributed by atoms with van der Waals surface area (Å²) in [5.41, 5.74) is 0.286. The van der Waals surface area contributed by atoms with Crippen LogP contribution < -0.4 is 0 Å². The van der Waals surface area contributed by atoms with Gasteiger partial charge < -0.3 is 4.74 Å². The summed E-state index contributed by atoms with van der Waals surface area (Å²) >= 11 is 0. The maximum atomic E-state index is 14.4. The molecule has 0 fully saturated rings. The molecule has 4 nitrogen and oxygen atoms in total. The van der Waals surface area contributed by atoms with Gasteiger partial charge in [0.1, 0.15) is 0 Å². The Morgan fingerprint density at radius 1 is 1.21 bits per heavy atom. The number of hydrogen-bond donors (Lipinski definition) is 0. The van der Waals surface area contributed by atoms with E-state index in [1.54, 1.807) is 30.3 Å². The van der Waals surface area contributed by atoms with Crippen LogP contribution in [-0.4, -0.2) is 30.1 Å². The van der Waals surface area contributed by atoms with E-state index in [9.17, 15) is 18.4 Å². The van der Waals surface area contributed by atoms with Crippen molar-refractivity contribution < 1.29 is 23.1 Å². The lowest BCUT2D eigenvalue weighted by atomic mass is 9.92. The number of benzene rings is 1. The predicted molar refractivity (Wildman–Crippen MR) is 88.3 cm³/mol. The molecule has 0 aliphatic rings. The molecule has 0 aliphatic heterocycles. The number of halogens is 2. The van der Waals surface area contributed by atoms with Crippen LogP contribution in [0.4, 0.5) is 8.78 Å². The number of carbonyl (C=O) groups excluding carboxylic acids is 2. The van der Waals surface area contributed by atoms with E-state index in [4.69, 9.17) is 0 Å². The first-order valence-corrected chi connectivity index (χ1v) is 8.06. The van der Waals surface area contributed by atoms with Gasteiger partial charge in [-0.3, -0.25) is 4.79 Å². The summed E-state index contributed by atoms with van der Waals surface area (Å²) in [6.45, 7) is 4.41. The minimum absolute atomic E-state index is 0.102. The van der Waals surface area contributed by atoms with E-state index in [0.717, 1.165) is 6.42 Å². The van der Waals surface area contributed by atoms with Crippen molar-refractivity contribution in [2.75, 3.05) is 6.61 Å². The molecule has 0 saturated carbocycles. The van der Waals surface area contributed by atoms with Crippen LogP contribution in [0.15, 0.2) is 35.3 Å². The number of aliphatic imine (C=N–C) groups is 1. The molecule has 0 radical (unpaired) electrons. The van der Waals surface area contributed by atoms with Crippen molar-refractivity contribution in [2.45, 2.75) is 46.0 Å². The third-order valence-electron chi connectivity index (χ3n) is 3.56. The van der Waals surface area contributed by atoms with Crippen LogP contribution in [0.5, 0.6) is 0 Å². The number of amides is 1. The van der Waals surface area contributed by atoms with Gasteiger partial charge in [0.2, 0.25) is 5.91 Å². The second-order valence-corrected chi connectivity index (χ2v) is 5.43. The molecule has 1 amide bonds. The molecule has 1 aromatic carbocycles. The van der Waals surface area contributed by atoms with Gasteiger partial charge in [0.25, 0.3) is 0 Å². The van der Waals surface area contributed by atoms with Crippen LogP contribution in [0, 0.1) is 5.92 Å². The Kier molecular flexibility index (Phi) is 7.68. The number of esters is 1. The second kappa shape index (κ2) is 9.25. The molecule has 0 aliphatic carbocycles. The molecule has 1 unspecified atom stereocenters. The Labute approximate surface area is 140 Å². The van der Waals surface area contributed by atoms with E-state index in [1.165, 1.54) is 13.8 Å². The normalized spacial score (nSPS) is 13.5. The number of nitrogens with zero attached hydrogens (tertiary/aromatic N) is 1. The smallest absolute Gasteiger partial charge is 0.377 e. The fourth-order valence-corrected chi connectivity index (χ4v) is 2.11. The highest BCUT2D eigenvalue weighted by Gasteiger charge is 2.49. The maximum absolute atomic E-state index is 14.4. The Bertz CT molecular complexity index is 585. The van der Waals surface area contributed by atoms with Crippen LogP contribution in [0.3, 0.4) is 0 Å². The van der Waals surface area contributed by atoms with Crippen molar-refractivity contribution >= 4 is 17.6 Å². The summed E-state index contributed by atoms with van der Waals surface area (Å²) in [6, 6.07) is 8.23. The van der Waals surface area contributed by atoms with E-state index in [0.29, 0.717) is 12.0 Å². The second-order valence-electron chi connectivity index (χ2n) is 5.43. The Morgan fingerprint density at radius 2 is 1.83 bits per heavy atom. The van der Waals surface area contributed by atoms with E-state index in [2.05, 4.69) is 9.73 Å². The van der Waals surface area contributed by atoms with E-state index in [1.807, 2.05) is 6.92 Å². The first kappa shape index (κ1) is 19.9. The number of unbranched alkanes of at least 4 members (excludes halogenated alkanes) is 1. The Balaban J connectivity index is 3.20. The largest absolute Gasteiger partial charge is 0.462 e. The molecule has 0 N–H and O–H groups in total. The zero-order valence-electron chi connectivity index (χ0n) is 14.2. The molecule has 132 valence electrons. The average molecular weight is 339 g/mol. The fourth-order valence-electron chi connectivity index (χ4n) is 2.11. The van der Waals surface area contributed by atoms with Gasteiger partial charge in [-0.2, -0.15) is 8.78 Å². The first-order valence-electron chi connectivity index (χ1n) is 8.06. The van der Waals surface area contributed by atoms with Crippen molar-refractivity contribution in [1.82, 2.24) is 0 Å². The highest BCUT2D eigenvalue weighted by molar-refractivity contribution is 6.09. The molecule has 1 rings (SSSR count). The highest BCUT2D eigenvalue weighted by Crippen LogP contribution is 2.30. The van der Waals surface area contributed by atoms with Crippen molar-refractivity contribution in [3.63, 3.8) is 0 Å². The van der Waals surface area contributed by atoms with E-state index < -0.39 is 23.7 Å². The van der Waals surface area contributed by atoms with Gasteiger partial charge in [-0.25, -0.2) is 9.79 Å². The SMILES string of the molecule is CCCCC(=O)N=C(c1ccccc1)C(C)C(F)(F)C(=O)OCC. The lowest BCUT2D eigenvalue weighted by molar-refractivity contribution is -0.175. The molecule has 1 atom stereocenters. The van der Waals surface area contributed by atoms with Gasteiger partial charge in [-0.1, -0.05) is 50.6 Å². The van der Waals surface area contributed by atoms with Gasteiger partial charge in [-0.15, -0.1) is 0 Å². The average Bonchev–Trinajstić information content (AvgIpc) is 2.58. The van der Waals surface area contributed by atoms with Gasteiger partial charge in [0.15, 0.2) is 0 Å². The van der Waals surface area contributed by atoms with Crippen LogP contribution in [0.25, 0.3) is 0 Å². The van der Waals surface area contributed by atoms with Crippen molar-refractivity contribution in [2.24, 2.45) is 10.9 Å². The molecule has 6 heteroatoms. The third kappa shape index (κ3) is 5.22. The van der Waals surface area contributed by atoms with Crippen LogP contribution in [0.2, 0.25) is 0 Å². The van der Waals surface area contributed by atoms with Crippen molar-refractivity contribution in [3.8, 4) is 0 Å². The van der Waals surface area contributed by atoms with Crippen molar-refractivity contribution in [3.05, 3.63) is 35.9 Å². The molecule has 0 spiro atoms. The molecule has 1 aromatic rings. The topological polar surface area (TPSA) is 55.7 Å². The predicted octanol–water partition coefficient (Wildman–Crippen LogP) is 4.03. The standard InChI is InChI=1S/C18H23F2NO3/c1-4-6-12-15(22)21-16(14-10-8-7-9-11-14)13(3)18(19,20)17(23)24-5-2/h7-11,13H,4-6,12H2,1-3H3. The summed E-state index contributed by atoms with van der Waals surface area (Å²) in [6.07, 6.45) is 1.62. The summed E-state index contributed by atoms with van der Waals surface area (Å²) in [5, 5.41) is 0. The van der Waals surface area contributed by atoms with Crippen LogP contribution in [-0.2, 0) is 14.3 Å². The molecular weight excluding hydrogens is 316 g/mol. The Hall–Kier alpha value is -2.11. The van der Waals surface area contributed by atoms with Gasteiger partial charge in [0.05, 0.1) is 18.2 Å². The van der Waals surface area contributed by atoms with Crippen molar-refractivity contribution in [1.29, 1.82) is 0 Å².